The Bertz CT molecular complexity index is 573. The van der Waals surface area contributed by atoms with Crippen LogP contribution in [0.15, 0.2) is 29.3 Å². The van der Waals surface area contributed by atoms with Crippen LogP contribution in [0.3, 0.4) is 0 Å². The van der Waals surface area contributed by atoms with Crippen molar-refractivity contribution < 1.29 is 4.74 Å². The molecule has 1 fully saturated rings. The molecule has 2 rings (SSSR count). The fraction of sp³-hybridized carbons (Fsp3) is 0.667. The average molecular weight is 361 g/mol. The number of methoxy groups -OCH3 is 1. The molecule has 1 atom stereocenters. The van der Waals surface area contributed by atoms with Gasteiger partial charge in [0.1, 0.15) is 0 Å². The van der Waals surface area contributed by atoms with Gasteiger partial charge in [-0.05, 0) is 45.4 Å². The Morgan fingerprint density at radius 2 is 2.08 bits per heavy atom. The van der Waals surface area contributed by atoms with E-state index in [0.717, 1.165) is 45.3 Å². The summed E-state index contributed by atoms with van der Waals surface area (Å²) in [4.78, 5) is 9.68. The lowest BCUT2D eigenvalue weighted by atomic mass is 10.1. The summed E-state index contributed by atoms with van der Waals surface area (Å²) in [6, 6.07) is 9.19. The molecule has 26 heavy (non-hydrogen) atoms. The smallest absolute Gasteiger partial charge is 0.194 e. The molecule has 1 N–H and O–H groups in total. The molecule has 5 nitrogen and oxygen atoms in total. The van der Waals surface area contributed by atoms with Gasteiger partial charge in [-0.25, -0.2) is 4.99 Å². The van der Waals surface area contributed by atoms with E-state index in [1.165, 1.54) is 17.5 Å². The highest BCUT2D eigenvalue weighted by molar-refractivity contribution is 5.80. The maximum Gasteiger partial charge on any atom is 0.194 e. The molecule has 0 aliphatic carbocycles. The van der Waals surface area contributed by atoms with Gasteiger partial charge in [0.15, 0.2) is 5.96 Å². The van der Waals surface area contributed by atoms with E-state index in [2.05, 4.69) is 67.2 Å². The number of nitrogens with one attached hydrogen (secondary N) is 1. The van der Waals surface area contributed by atoms with E-state index < -0.39 is 0 Å². The number of hydrogen-bond donors (Lipinski definition) is 1. The van der Waals surface area contributed by atoms with E-state index in [-0.39, 0.29) is 0 Å². The number of rotatable bonds is 8. The molecule has 0 aromatic heterocycles. The van der Waals surface area contributed by atoms with Crippen molar-refractivity contribution >= 4 is 5.96 Å². The number of ether oxygens (including phenoxy) is 1. The molecular formula is C21H36N4O. The molecule has 1 unspecified atom stereocenters. The molecule has 0 saturated carbocycles. The summed E-state index contributed by atoms with van der Waals surface area (Å²) in [6.45, 7) is 12.1. The fourth-order valence-corrected chi connectivity index (χ4v) is 3.30. The number of aliphatic imine (C=N–C) groups is 1. The molecule has 1 aromatic carbocycles. The quantitative estimate of drug-likeness (QED) is 0.572. The Labute approximate surface area is 159 Å². The van der Waals surface area contributed by atoms with Crippen LogP contribution in [-0.2, 0) is 17.8 Å². The van der Waals surface area contributed by atoms with Crippen molar-refractivity contribution in [2.24, 2.45) is 10.9 Å². The van der Waals surface area contributed by atoms with Gasteiger partial charge in [-0.1, -0.05) is 24.3 Å². The molecule has 0 radical (unpaired) electrons. The predicted octanol–water partition coefficient (Wildman–Crippen LogP) is 2.96. The number of guanidine groups is 1. The molecule has 5 heteroatoms. The van der Waals surface area contributed by atoms with Crippen LogP contribution in [-0.4, -0.2) is 62.2 Å². The lowest BCUT2D eigenvalue weighted by molar-refractivity contribution is 0.157. The lowest BCUT2D eigenvalue weighted by Crippen LogP contribution is -2.40. The van der Waals surface area contributed by atoms with E-state index in [9.17, 15) is 0 Å². The van der Waals surface area contributed by atoms with E-state index in [0.29, 0.717) is 12.0 Å². The van der Waals surface area contributed by atoms with E-state index in [4.69, 9.17) is 9.73 Å². The zero-order valence-electron chi connectivity index (χ0n) is 17.2. The Hall–Kier alpha value is -1.59. The molecule has 1 heterocycles. The fourth-order valence-electron chi connectivity index (χ4n) is 3.30. The summed E-state index contributed by atoms with van der Waals surface area (Å²) in [7, 11) is 3.96. The van der Waals surface area contributed by atoms with E-state index in [1.807, 2.05) is 0 Å². The van der Waals surface area contributed by atoms with Crippen LogP contribution in [0.2, 0.25) is 0 Å². The molecule has 146 valence electrons. The summed E-state index contributed by atoms with van der Waals surface area (Å²) in [5, 5.41) is 3.46. The van der Waals surface area contributed by atoms with Crippen molar-refractivity contribution in [1.82, 2.24) is 15.1 Å². The number of hydrogen-bond acceptors (Lipinski definition) is 3. The standard InChI is InChI=1S/C21H36N4O/c1-6-22-21(25-12-11-18(14-25)16-26-5)23-13-19-9-7-8-10-20(19)15-24(4)17(2)3/h7-10,17-18H,6,11-16H2,1-5H3,(H,22,23). The minimum atomic E-state index is 0.534. The Morgan fingerprint density at radius 3 is 2.73 bits per heavy atom. The molecule has 1 aromatic rings. The van der Waals surface area contributed by atoms with Gasteiger partial charge < -0.3 is 15.0 Å². The maximum atomic E-state index is 5.32. The molecular weight excluding hydrogens is 324 g/mol. The number of likely N-dealkylation sites (tertiary alicyclic amines) is 1. The second-order valence-electron chi connectivity index (χ2n) is 7.50. The highest BCUT2D eigenvalue weighted by atomic mass is 16.5. The third-order valence-corrected chi connectivity index (χ3v) is 5.14. The summed E-state index contributed by atoms with van der Waals surface area (Å²) in [5.41, 5.74) is 2.67. The van der Waals surface area contributed by atoms with Crippen molar-refractivity contribution in [3.8, 4) is 0 Å². The van der Waals surface area contributed by atoms with Crippen molar-refractivity contribution in [3.05, 3.63) is 35.4 Å². The van der Waals surface area contributed by atoms with Crippen LogP contribution in [0.25, 0.3) is 0 Å². The van der Waals surface area contributed by atoms with Gasteiger partial charge in [-0.15, -0.1) is 0 Å². The first kappa shape index (κ1) is 20.7. The van der Waals surface area contributed by atoms with Crippen LogP contribution in [0.4, 0.5) is 0 Å². The highest BCUT2D eigenvalue weighted by Crippen LogP contribution is 2.18. The maximum absolute atomic E-state index is 5.32. The third-order valence-electron chi connectivity index (χ3n) is 5.14. The molecule has 0 spiro atoms. The van der Waals surface area contributed by atoms with Crippen molar-refractivity contribution in [2.75, 3.05) is 40.4 Å². The van der Waals surface area contributed by atoms with Gasteiger partial charge in [0.2, 0.25) is 0 Å². The van der Waals surface area contributed by atoms with Crippen LogP contribution >= 0.6 is 0 Å². The zero-order chi connectivity index (χ0) is 18.9. The van der Waals surface area contributed by atoms with Gasteiger partial charge in [-0.3, -0.25) is 4.90 Å². The molecule has 1 saturated heterocycles. The summed E-state index contributed by atoms with van der Waals surface area (Å²) in [6.07, 6.45) is 1.17. The zero-order valence-corrected chi connectivity index (χ0v) is 17.2. The molecule has 0 amide bonds. The van der Waals surface area contributed by atoms with Gasteiger partial charge >= 0.3 is 0 Å². The van der Waals surface area contributed by atoms with Gasteiger partial charge in [-0.2, -0.15) is 0 Å². The normalized spacial score (nSPS) is 18.2. The Balaban J connectivity index is 2.07. The summed E-state index contributed by atoms with van der Waals surface area (Å²) < 4.78 is 5.32. The molecule has 0 bridgehead atoms. The second kappa shape index (κ2) is 10.5. The number of nitrogens with zero attached hydrogens (tertiary/aromatic N) is 3. The van der Waals surface area contributed by atoms with Crippen LogP contribution in [0, 0.1) is 5.92 Å². The third kappa shape index (κ3) is 5.99. The predicted molar refractivity (Wildman–Crippen MR) is 109 cm³/mol. The average Bonchev–Trinajstić information content (AvgIpc) is 3.08. The first-order valence-corrected chi connectivity index (χ1v) is 9.84. The first-order valence-electron chi connectivity index (χ1n) is 9.84. The molecule has 1 aliphatic rings. The van der Waals surface area contributed by atoms with E-state index in [1.54, 1.807) is 7.11 Å². The largest absolute Gasteiger partial charge is 0.384 e. The summed E-state index contributed by atoms with van der Waals surface area (Å²) in [5.74, 6) is 1.63. The van der Waals surface area contributed by atoms with Crippen LogP contribution < -0.4 is 5.32 Å². The van der Waals surface area contributed by atoms with Crippen LogP contribution in [0.1, 0.15) is 38.3 Å². The van der Waals surface area contributed by atoms with Crippen molar-refractivity contribution in [3.63, 3.8) is 0 Å². The van der Waals surface area contributed by atoms with Gasteiger partial charge in [0.05, 0.1) is 13.2 Å². The van der Waals surface area contributed by atoms with E-state index >= 15 is 0 Å². The summed E-state index contributed by atoms with van der Waals surface area (Å²) >= 11 is 0. The Morgan fingerprint density at radius 1 is 1.35 bits per heavy atom. The van der Waals surface area contributed by atoms with Crippen LogP contribution in [0.5, 0.6) is 0 Å². The SMILES string of the molecule is CCNC(=NCc1ccccc1CN(C)C(C)C)N1CCC(COC)C1. The van der Waals surface area contributed by atoms with Crippen molar-refractivity contribution in [1.29, 1.82) is 0 Å². The Kier molecular flexibility index (Phi) is 8.39. The first-order chi connectivity index (χ1) is 12.5. The molecule has 1 aliphatic heterocycles. The number of benzene rings is 1. The minimum absolute atomic E-state index is 0.534. The lowest BCUT2D eigenvalue weighted by Gasteiger charge is -2.23. The topological polar surface area (TPSA) is 40.1 Å². The van der Waals surface area contributed by atoms with Crippen molar-refractivity contribution in [2.45, 2.75) is 46.3 Å². The van der Waals surface area contributed by atoms with Gasteiger partial charge in [0, 0.05) is 45.2 Å². The second-order valence-corrected chi connectivity index (χ2v) is 7.50. The van der Waals surface area contributed by atoms with Gasteiger partial charge in [0.25, 0.3) is 0 Å². The highest BCUT2D eigenvalue weighted by Gasteiger charge is 2.24. The minimum Gasteiger partial charge on any atom is -0.384 e. The monoisotopic (exact) mass is 360 g/mol.